The molecule has 2 amide bonds. The van der Waals surface area contributed by atoms with Gasteiger partial charge >= 0.3 is 6.18 Å². The number of benzene rings is 2. The molecule has 0 unspecified atom stereocenters. The number of carbonyl (C=O) groups excluding carboxylic acids is 2. The number of rotatable bonds is 6. The molecule has 5 rings (SSSR count). The number of hydrogen-bond acceptors (Lipinski definition) is 5. The van der Waals surface area contributed by atoms with Crippen LogP contribution in [-0.2, 0) is 12.7 Å². The van der Waals surface area contributed by atoms with Crippen LogP contribution >= 0.6 is 15.9 Å². The van der Waals surface area contributed by atoms with Crippen molar-refractivity contribution in [1.82, 2.24) is 20.1 Å². The van der Waals surface area contributed by atoms with Crippen LogP contribution in [0.3, 0.4) is 0 Å². The number of aliphatic hydroxyl groups is 1. The Hall–Kier alpha value is -3.77. The molecular formula is C30H29BrF3N5O3. The maximum atomic E-state index is 13.5. The number of anilines is 1. The maximum Gasteiger partial charge on any atom is 0.433 e. The molecule has 1 fully saturated rings. The molecule has 0 spiro atoms. The normalized spacial score (nSPS) is 17.3. The minimum atomic E-state index is -4.72. The lowest BCUT2D eigenvalue weighted by Gasteiger charge is -2.26. The van der Waals surface area contributed by atoms with Crippen LogP contribution in [0.1, 0.15) is 69.0 Å². The first-order chi connectivity index (χ1) is 19.9. The van der Waals surface area contributed by atoms with Crippen LogP contribution in [-0.4, -0.2) is 43.8 Å². The average molecular weight is 644 g/mol. The summed E-state index contributed by atoms with van der Waals surface area (Å²) in [4.78, 5) is 29.7. The highest BCUT2D eigenvalue weighted by Gasteiger charge is 2.34. The molecule has 12 heteroatoms. The van der Waals surface area contributed by atoms with Gasteiger partial charge in [-0.15, -0.1) is 0 Å². The zero-order valence-electron chi connectivity index (χ0n) is 22.9. The van der Waals surface area contributed by atoms with Gasteiger partial charge in [0.15, 0.2) is 0 Å². The van der Waals surface area contributed by atoms with Crippen molar-refractivity contribution in [2.75, 3.05) is 5.32 Å². The molecule has 3 N–H and O–H groups in total. The zero-order valence-corrected chi connectivity index (χ0v) is 24.5. The number of amides is 2. The summed E-state index contributed by atoms with van der Waals surface area (Å²) in [6.07, 6.45) is -2.15. The summed E-state index contributed by atoms with van der Waals surface area (Å²) in [6.45, 7) is 3.83. The molecule has 1 saturated carbocycles. The van der Waals surface area contributed by atoms with Crippen LogP contribution in [0.2, 0.25) is 0 Å². The Bertz CT molecular complexity index is 1640. The number of nitrogens with zero attached hydrogens (tertiary/aromatic N) is 3. The van der Waals surface area contributed by atoms with Crippen LogP contribution in [0.15, 0.2) is 53.0 Å². The van der Waals surface area contributed by atoms with E-state index in [2.05, 4.69) is 36.6 Å². The maximum absolute atomic E-state index is 13.5. The summed E-state index contributed by atoms with van der Waals surface area (Å²) in [6, 6.07) is 12.5. The fourth-order valence-corrected chi connectivity index (χ4v) is 5.53. The number of carbonyl (C=O) groups is 2. The van der Waals surface area contributed by atoms with E-state index in [-0.39, 0.29) is 34.5 Å². The number of nitrogens with one attached hydrogen (secondary N) is 2. The van der Waals surface area contributed by atoms with Gasteiger partial charge in [0.1, 0.15) is 5.69 Å². The highest BCUT2D eigenvalue weighted by Crippen LogP contribution is 2.33. The molecule has 0 radical (unpaired) electrons. The summed E-state index contributed by atoms with van der Waals surface area (Å²) in [5.41, 5.74) is 1.68. The second-order valence-electron chi connectivity index (χ2n) is 10.5. The molecule has 8 nitrogen and oxygen atoms in total. The molecule has 0 aliphatic heterocycles. The smallest absolute Gasteiger partial charge is 0.393 e. The summed E-state index contributed by atoms with van der Waals surface area (Å²) < 4.78 is 42.9. The van der Waals surface area contributed by atoms with Crippen molar-refractivity contribution in [2.45, 2.75) is 64.4 Å². The van der Waals surface area contributed by atoms with Crippen LogP contribution in [0.5, 0.6) is 0 Å². The second-order valence-corrected chi connectivity index (χ2v) is 11.5. The topological polar surface area (TPSA) is 109 Å². The van der Waals surface area contributed by atoms with Gasteiger partial charge < -0.3 is 15.7 Å². The molecule has 2 heterocycles. The van der Waals surface area contributed by atoms with Gasteiger partial charge in [-0.25, -0.2) is 4.98 Å². The number of aromatic nitrogens is 3. The lowest BCUT2D eigenvalue weighted by atomic mass is 9.93. The van der Waals surface area contributed by atoms with Gasteiger partial charge in [0.2, 0.25) is 0 Å². The Balaban J connectivity index is 1.32. The van der Waals surface area contributed by atoms with Gasteiger partial charge in [-0.05, 0) is 81.5 Å². The standard InChI is InChI=1S/C30H29BrF3N5O3/c1-16-27(37-29(42)24-14-26(30(32,33)34)36-25-12-7-20(31)13-23(24)25)17(2)39(38-16)15-18-3-5-19(6-4-18)28(41)35-21-8-10-22(40)11-9-21/h3-7,12-14,21-22,40H,8-11,15H2,1-2H3,(H,35,41)(H,37,42). The Morgan fingerprint density at radius 1 is 1.02 bits per heavy atom. The zero-order chi connectivity index (χ0) is 30.2. The molecule has 0 atom stereocenters. The minimum absolute atomic E-state index is 0.0515. The van der Waals surface area contributed by atoms with Crippen molar-refractivity contribution in [1.29, 1.82) is 0 Å². The Morgan fingerprint density at radius 2 is 1.71 bits per heavy atom. The Kier molecular flexibility index (Phi) is 8.38. The Labute approximate surface area is 248 Å². The monoisotopic (exact) mass is 643 g/mol. The summed E-state index contributed by atoms with van der Waals surface area (Å²) in [5.74, 6) is -0.872. The number of halogens is 4. The van der Waals surface area contributed by atoms with Crippen molar-refractivity contribution in [3.8, 4) is 0 Å². The highest BCUT2D eigenvalue weighted by atomic mass is 79.9. The van der Waals surface area contributed by atoms with Gasteiger partial charge in [0.05, 0.1) is 40.8 Å². The van der Waals surface area contributed by atoms with E-state index in [1.54, 1.807) is 42.8 Å². The van der Waals surface area contributed by atoms with Crippen molar-refractivity contribution >= 4 is 44.3 Å². The van der Waals surface area contributed by atoms with Crippen molar-refractivity contribution in [3.05, 3.63) is 86.8 Å². The van der Waals surface area contributed by atoms with E-state index in [1.165, 1.54) is 6.07 Å². The van der Waals surface area contributed by atoms with Crippen molar-refractivity contribution < 1.29 is 27.9 Å². The van der Waals surface area contributed by atoms with Crippen LogP contribution < -0.4 is 10.6 Å². The third-order valence-electron chi connectivity index (χ3n) is 7.51. The molecule has 1 aliphatic carbocycles. The van der Waals surface area contributed by atoms with E-state index >= 15 is 0 Å². The first kappa shape index (κ1) is 29.7. The summed E-state index contributed by atoms with van der Waals surface area (Å²) in [7, 11) is 0. The van der Waals surface area contributed by atoms with E-state index in [0.717, 1.165) is 24.5 Å². The van der Waals surface area contributed by atoms with Crippen LogP contribution in [0.25, 0.3) is 10.9 Å². The number of fused-ring (bicyclic) bond motifs is 1. The summed E-state index contributed by atoms with van der Waals surface area (Å²) in [5, 5.41) is 20.3. The lowest BCUT2D eigenvalue weighted by molar-refractivity contribution is -0.141. The van der Waals surface area contributed by atoms with Crippen LogP contribution in [0.4, 0.5) is 18.9 Å². The predicted molar refractivity (Wildman–Crippen MR) is 155 cm³/mol. The number of aliphatic hydroxyl groups excluding tert-OH is 1. The third kappa shape index (κ3) is 6.49. The average Bonchev–Trinajstić information content (AvgIpc) is 3.20. The van der Waals surface area contributed by atoms with Gasteiger partial charge in [-0.1, -0.05) is 28.1 Å². The fraction of sp³-hybridized carbons (Fsp3) is 0.333. The minimum Gasteiger partial charge on any atom is -0.393 e. The predicted octanol–water partition coefficient (Wildman–Crippen LogP) is 6.16. The van der Waals surface area contributed by atoms with Crippen molar-refractivity contribution in [2.24, 2.45) is 0 Å². The number of alkyl halides is 3. The largest absolute Gasteiger partial charge is 0.433 e. The van der Waals surface area contributed by atoms with Gasteiger partial charge in [-0.3, -0.25) is 14.3 Å². The van der Waals surface area contributed by atoms with E-state index in [4.69, 9.17) is 0 Å². The van der Waals surface area contributed by atoms with Crippen molar-refractivity contribution in [3.63, 3.8) is 0 Å². The quantitative estimate of drug-likeness (QED) is 0.233. The number of hydrogen-bond donors (Lipinski definition) is 3. The molecular weight excluding hydrogens is 615 g/mol. The van der Waals surface area contributed by atoms with Gasteiger partial charge in [0, 0.05) is 21.5 Å². The van der Waals surface area contributed by atoms with Crippen LogP contribution in [0, 0.1) is 13.8 Å². The van der Waals surface area contributed by atoms with E-state index in [9.17, 15) is 27.9 Å². The third-order valence-corrected chi connectivity index (χ3v) is 8.00. The molecule has 220 valence electrons. The first-order valence-electron chi connectivity index (χ1n) is 13.5. The molecule has 1 aliphatic rings. The van der Waals surface area contributed by atoms with E-state index in [0.29, 0.717) is 46.5 Å². The number of aryl methyl sites for hydroxylation is 1. The summed E-state index contributed by atoms with van der Waals surface area (Å²) >= 11 is 3.31. The lowest BCUT2D eigenvalue weighted by Crippen LogP contribution is -2.38. The molecule has 2 aromatic heterocycles. The SMILES string of the molecule is Cc1nn(Cc2ccc(C(=O)NC3CCC(O)CC3)cc2)c(C)c1NC(=O)c1cc(C(F)(F)F)nc2ccc(Br)cc12. The number of pyridine rings is 1. The fourth-order valence-electron chi connectivity index (χ4n) is 5.17. The highest BCUT2D eigenvalue weighted by molar-refractivity contribution is 9.10. The van der Waals surface area contributed by atoms with Gasteiger partial charge in [0.25, 0.3) is 11.8 Å². The Morgan fingerprint density at radius 3 is 2.38 bits per heavy atom. The molecule has 42 heavy (non-hydrogen) atoms. The van der Waals surface area contributed by atoms with E-state index < -0.39 is 17.8 Å². The first-order valence-corrected chi connectivity index (χ1v) is 14.3. The molecule has 4 aromatic rings. The van der Waals surface area contributed by atoms with Gasteiger partial charge in [-0.2, -0.15) is 18.3 Å². The molecule has 0 saturated heterocycles. The second kappa shape index (κ2) is 11.8. The molecule has 2 aromatic carbocycles. The molecule has 0 bridgehead atoms. The van der Waals surface area contributed by atoms with E-state index in [1.807, 2.05) is 12.1 Å².